The lowest BCUT2D eigenvalue weighted by Crippen LogP contribution is -2.17. The molecular weight excluding hydrogens is 204 g/mol. The predicted molar refractivity (Wildman–Crippen MR) is 75.8 cm³/mol. The van der Waals surface area contributed by atoms with Crippen molar-refractivity contribution in [3.63, 3.8) is 0 Å². The van der Waals surface area contributed by atoms with E-state index in [0.717, 1.165) is 0 Å². The highest BCUT2D eigenvalue weighted by Crippen LogP contribution is 2.59. The molecule has 0 N–H and O–H groups in total. The molecule has 0 radical (unpaired) electrons. The van der Waals surface area contributed by atoms with Gasteiger partial charge in [-0.1, -0.05) is 50.3 Å². The number of hydrogen-bond acceptors (Lipinski definition) is 0. The number of rotatable bonds is 2. The highest BCUT2D eigenvalue weighted by atomic mass is 14.5. The maximum Gasteiger partial charge on any atom is 0.0211 e. The summed E-state index contributed by atoms with van der Waals surface area (Å²) >= 11 is 0. The SMILES string of the molecule is C=CC1=C(C=C)C2(CCCC2)C(=C/C)/C1=C\C. The molecule has 1 saturated carbocycles. The van der Waals surface area contributed by atoms with Gasteiger partial charge >= 0.3 is 0 Å². The van der Waals surface area contributed by atoms with Gasteiger partial charge in [0.2, 0.25) is 0 Å². The molecule has 0 heteroatoms. The van der Waals surface area contributed by atoms with Crippen LogP contribution in [0.5, 0.6) is 0 Å². The Bertz CT molecular complexity index is 435. The summed E-state index contributed by atoms with van der Waals surface area (Å²) in [7, 11) is 0. The van der Waals surface area contributed by atoms with Crippen LogP contribution in [0.3, 0.4) is 0 Å². The standard InChI is InChI=1S/C17H22/c1-5-13-14(6-2)16(8-4)17(15(13)7-3)11-9-10-12-17/h5-8H,1,3,9-12H2,2,4H3/b14-6-,16-8+. The minimum Gasteiger partial charge on any atom is -0.0987 e. The van der Waals surface area contributed by atoms with Crippen LogP contribution >= 0.6 is 0 Å². The Labute approximate surface area is 105 Å². The van der Waals surface area contributed by atoms with Crippen LogP contribution < -0.4 is 0 Å². The van der Waals surface area contributed by atoms with Crippen LogP contribution in [0, 0.1) is 5.41 Å². The zero-order valence-electron chi connectivity index (χ0n) is 11.1. The molecule has 0 heterocycles. The topological polar surface area (TPSA) is 0 Å². The van der Waals surface area contributed by atoms with Gasteiger partial charge in [-0.05, 0) is 49.0 Å². The lowest BCUT2D eigenvalue weighted by molar-refractivity contribution is 0.476. The van der Waals surface area contributed by atoms with E-state index in [1.165, 1.54) is 48.0 Å². The minimum absolute atomic E-state index is 0.252. The van der Waals surface area contributed by atoms with Gasteiger partial charge < -0.3 is 0 Å². The second-order valence-corrected chi connectivity index (χ2v) is 4.93. The molecule has 0 aromatic heterocycles. The Morgan fingerprint density at radius 1 is 1.00 bits per heavy atom. The Balaban J connectivity index is 2.69. The van der Waals surface area contributed by atoms with Crippen LogP contribution in [-0.4, -0.2) is 0 Å². The van der Waals surface area contributed by atoms with Gasteiger partial charge in [-0.15, -0.1) is 0 Å². The number of allylic oxidation sites excluding steroid dienone is 8. The van der Waals surface area contributed by atoms with Crippen molar-refractivity contribution in [1.29, 1.82) is 0 Å². The lowest BCUT2D eigenvalue weighted by Gasteiger charge is -2.28. The highest BCUT2D eigenvalue weighted by molar-refractivity contribution is 5.68. The van der Waals surface area contributed by atoms with Crippen molar-refractivity contribution in [3.8, 4) is 0 Å². The van der Waals surface area contributed by atoms with Gasteiger partial charge in [0.15, 0.2) is 0 Å². The van der Waals surface area contributed by atoms with E-state index in [4.69, 9.17) is 0 Å². The molecule has 0 amide bonds. The first kappa shape index (κ1) is 12.2. The second kappa shape index (κ2) is 4.52. The first-order valence-electron chi connectivity index (χ1n) is 6.58. The highest BCUT2D eigenvalue weighted by Gasteiger charge is 2.46. The second-order valence-electron chi connectivity index (χ2n) is 4.93. The molecule has 0 atom stereocenters. The first-order valence-corrected chi connectivity index (χ1v) is 6.58. The molecular formula is C17H22. The van der Waals surface area contributed by atoms with Crippen molar-refractivity contribution in [2.45, 2.75) is 39.5 Å². The average molecular weight is 226 g/mol. The third-order valence-electron chi connectivity index (χ3n) is 4.34. The molecule has 1 fully saturated rings. The number of hydrogen-bond donors (Lipinski definition) is 0. The summed E-state index contributed by atoms with van der Waals surface area (Å²) in [5, 5.41) is 0. The van der Waals surface area contributed by atoms with E-state index in [9.17, 15) is 0 Å². The zero-order chi connectivity index (χ0) is 12.5. The fourth-order valence-corrected chi connectivity index (χ4v) is 3.74. The van der Waals surface area contributed by atoms with Crippen LogP contribution in [0.25, 0.3) is 0 Å². The van der Waals surface area contributed by atoms with Crippen molar-refractivity contribution < 1.29 is 0 Å². The van der Waals surface area contributed by atoms with E-state index >= 15 is 0 Å². The molecule has 0 aromatic rings. The summed E-state index contributed by atoms with van der Waals surface area (Å²) in [6, 6.07) is 0. The molecule has 0 aliphatic heterocycles. The molecule has 1 spiro atoms. The van der Waals surface area contributed by atoms with Crippen LogP contribution in [0.4, 0.5) is 0 Å². The summed E-state index contributed by atoms with van der Waals surface area (Å²) in [6.07, 6.45) is 13.8. The van der Waals surface area contributed by atoms with Crippen molar-refractivity contribution >= 4 is 0 Å². The fourth-order valence-electron chi connectivity index (χ4n) is 3.74. The predicted octanol–water partition coefficient (Wildman–Crippen LogP) is 5.12. The van der Waals surface area contributed by atoms with Crippen LogP contribution in [-0.2, 0) is 0 Å². The molecule has 2 aliphatic rings. The van der Waals surface area contributed by atoms with Gasteiger partial charge in [-0.2, -0.15) is 0 Å². The Hall–Kier alpha value is -1.30. The maximum absolute atomic E-state index is 4.04. The van der Waals surface area contributed by atoms with Crippen molar-refractivity contribution in [2.75, 3.05) is 0 Å². The Morgan fingerprint density at radius 2 is 1.65 bits per heavy atom. The molecule has 0 saturated heterocycles. The van der Waals surface area contributed by atoms with Crippen molar-refractivity contribution in [2.24, 2.45) is 5.41 Å². The van der Waals surface area contributed by atoms with Crippen LogP contribution in [0.15, 0.2) is 59.8 Å². The summed E-state index contributed by atoms with van der Waals surface area (Å²) in [4.78, 5) is 0. The van der Waals surface area contributed by atoms with E-state index in [2.05, 4.69) is 45.2 Å². The molecule has 0 bridgehead atoms. The first-order chi connectivity index (χ1) is 8.25. The molecule has 90 valence electrons. The van der Waals surface area contributed by atoms with Gasteiger partial charge in [-0.25, -0.2) is 0 Å². The molecule has 0 aromatic carbocycles. The molecule has 17 heavy (non-hydrogen) atoms. The quantitative estimate of drug-likeness (QED) is 0.613. The van der Waals surface area contributed by atoms with E-state index < -0.39 is 0 Å². The van der Waals surface area contributed by atoms with E-state index in [-0.39, 0.29) is 5.41 Å². The third-order valence-corrected chi connectivity index (χ3v) is 4.34. The maximum atomic E-state index is 4.04. The smallest absolute Gasteiger partial charge is 0.0211 e. The molecule has 0 nitrogen and oxygen atoms in total. The summed E-state index contributed by atoms with van der Waals surface area (Å²) in [5.74, 6) is 0. The van der Waals surface area contributed by atoms with Gasteiger partial charge in [-0.3, -0.25) is 0 Å². The minimum atomic E-state index is 0.252. The molecule has 2 aliphatic carbocycles. The molecule has 2 rings (SSSR count). The molecule has 0 unspecified atom stereocenters. The summed E-state index contributed by atoms with van der Waals surface area (Å²) in [6.45, 7) is 12.3. The monoisotopic (exact) mass is 226 g/mol. The van der Waals surface area contributed by atoms with Gasteiger partial charge in [0.05, 0.1) is 0 Å². The van der Waals surface area contributed by atoms with Crippen molar-refractivity contribution in [1.82, 2.24) is 0 Å². The van der Waals surface area contributed by atoms with Crippen molar-refractivity contribution in [3.05, 3.63) is 59.8 Å². The third kappa shape index (κ3) is 1.50. The van der Waals surface area contributed by atoms with E-state index in [0.29, 0.717) is 0 Å². The largest absolute Gasteiger partial charge is 0.0987 e. The lowest BCUT2D eigenvalue weighted by atomic mass is 9.75. The van der Waals surface area contributed by atoms with Gasteiger partial charge in [0, 0.05) is 5.41 Å². The Morgan fingerprint density at radius 3 is 2.06 bits per heavy atom. The van der Waals surface area contributed by atoms with Gasteiger partial charge in [0.25, 0.3) is 0 Å². The summed E-state index contributed by atoms with van der Waals surface area (Å²) < 4.78 is 0. The average Bonchev–Trinajstić information content (AvgIpc) is 2.92. The van der Waals surface area contributed by atoms with Gasteiger partial charge in [0.1, 0.15) is 0 Å². The fraction of sp³-hybridized carbons (Fsp3) is 0.412. The Kier molecular flexibility index (Phi) is 3.24. The van der Waals surface area contributed by atoms with Crippen LogP contribution in [0.2, 0.25) is 0 Å². The normalized spacial score (nSPS) is 27.4. The van der Waals surface area contributed by atoms with E-state index in [1.54, 1.807) is 0 Å². The van der Waals surface area contributed by atoms with E-state index in [1.807, 2.05) is 6.08 Å². The zero-order valence-corrected chi connectivity index (χ0v) is 11.1. The van der Waals surface area contributed by atoms with Crippen LogP contribution in [0.1, 0.15) is 39.5 Å². The summed E-state index contributed by atoms with van der Waals surface area (Å²) in [5.41, 5.74) is 5.84.